The van der Waals surface area contributed by atoms with Crippen LogP contribution in [0.1, 0.15) is 26.6 Å². The Hall–Kier alpha value is -3.38. The van der Waals surface area contributed by atoms with E-state index in [1.54, 1.807) is 12.1 Å². The van der Waals surface area contributed by atoms with Crippen molar-refractivity contribution in [3.05, 3.63) is 47.8 Å². The molecular formula is C21H23F2N7O2S. The van der Waals surface area contributed by atoms with Crippen LogP contribution in [0.3, 0.4) is 0 Å². The maximum atomic E-state index is 14.7. The predicted molar refractivity (Wildman–Crippen MR) is 122 cm³/mol. The van der Waals surface area contributed by atoms with Gasteiger partial charge in [-0.3, -0.25) is 0 Å². The van der Waals surface area contributed by atoms with E-state index in [1.807, 2.05) is 20.8 Å². The number of nitrogen functional groups attached to an aromatic ring is 1. The number of rotatable bonds is 4. The molecule has 0 aliphatic heterocycles. The van der Waals surface area contributed by atoms with Gasteiger partial charge in [0.1, 0.15) is 28.7 Å². The minimum Gasteiger partial charge on any atom is -0.368 e. The summed E-state index contributed by atoms with van der Waals surface area (Å²) in [6, 6.07) is 6.39. The molecule has 0 amide bonds. The Morgan fingerprint density at radius 3 is 2.36 bits per heavy atom. The minimum atomic E-state index is -4.01. The molecule has 4 aromatic rings. The van der Waals surface area contributed by atoms with Crippen molar-refractivity contribution in [2.24, 2.45) is 0 Å². The molecule has 3 heterocycles. The molecule has 0 unspecified atom stereocenters. The molecule has 3 N–H and O–H groups in total. The van der Waals surface area contributed by atoms with E-state index in [0.717, 1.165) is 20.4 Å². The van der Waals surface area contributed by atoms with Crippen molar-refractivity contribution in [3.8, 4) is 22.6 Å². The molecule has 0 spiro atoms. The summed E-state index contributed by atoms with van der Waals surface area (Å²) in [6.45, 7) is 5.78. The summed E-state index contributed by atoms with van der Waals surface area (Å²) >= 11 is 0. The van der Waals surface area contributed by atoms with Crippen LogP contribution in [0.5, 0.6) is 0 Å². The van der Waals surface area contributed by atoms with Crippen molar-refractivity contribution in [3.63, 3.8) is 0 Å². The van der Waals surface area contributed by atoms with Crippen molar-refractivity contribution in [2.45, 2.75) is 26.2 Å². The van der Waals surface area contributed by atoms with Gasteiger partial charge < -0.3 is 10.7 Å². The standard InChI is InChI=1S/C21H23F2N7O2S/c1-21(2,3)19-27-16(12-7-6-11(22)10-13(12)23)17(28-19)14-8-9-15-18(25-14)30(20(24)26-15)33(31,32)29(4)5/h6-10H,1-5H3,(H2,24,26)(H,27,28). The van der Waals surface area contributed by atoms with E-state index in [2.05, 4.69) is 19.9 Å². The average Bonchev–Trinajstić information content (AvgIpc) is 3.28. The molecule has 4 rings (SSSR count). The topological polar surface area (TPSA) is 123 Å². The van der Waals surface area contributed by atoms with Crippen LogP contribution in [0.4, 0.5) is 14.7 Å². The molecule has 9 nitrogen and oxygen atoms in total. The summed E-state index contributed by atoms with van der Waals surface area (Å²) in [7, 11) is -1.28. The molecule has 33 heavy (non-hydrogen) atoms. The van der Waals surface area contributed by atoms with Crippen molar-refractivity contribution in [1.82, 2.24) is 28.2 Å². The number of nitrogens with two attached hydrogens (primary N) is 1. The van der Waals surface area contributed by atoms with Crippen LogP contribution in [0.15, 0.2) is 30.3 Å². The molecular weight excluding hydrogens is 452 g/mol. The molecule has 0 saturated carbocycles. The van der Waals surface area contributed by atoms with E-state index < -0.39 is 27.3 Å². The fourth-order valence-corrected chi connectivity index (χ4v) is 4.23. The highest BCUT2D eigenvalue weighted by Crippen LogP contribution is 2.35. The number of anilines is 1. The van der Waals surface area contributed by atoms with Gasteiger partial charge in [0.2, 0.25) is 5.95 Å². The maximum Gasteiger partial charge on any atom is 0.311 e. The summed E-state index contributed by atoms with van der Waals surface area (Å²) in [5.41, 5.74) is 6.68. The van der Waals surface area contributed by atoms with Crippen LogP contribution in [0.25, 0.3) is 33.8 Å². The number of nitrogens with zero attached hydrogens (tertiary/aromatic N) is 5. The zero-order valence-corrected chi connectivity index (χ0v) is 19.5. The number of nitrogens with one attached hydrogen (secondary N) is 1. The van der Waals surface area contributed by atoms with Gasteiger partial charge in [-0.1, -0.05) is 20.8 Å². The first-order chi connectivity index (χ1) is 15.3. The molecule has 0 fully saturated rings. The number of pyridine rings is 1. The van der Waals surface area contributed by atoms with Crippen LogP contribution < -0.4 is 5.73 Å². The fourth-order valence-electron chi connectivity index (χ4n) is 3.28. The second kappa shape index (κ2) is 7.59. The number of H-pyrrole nitrogens is 1. The van der Waals surface area contributed by atoms with Gasteiger partial charge in [-0.25, -0.2) is 23.7 Å². The Morgan fingerprint density at radius 1 is 1.06 bits per heavy atom. The first-order valence-electron chi connectivity index (χ1n) is 9.95. The summed E-state index contributed by atoms with van der Waals surface area (Å²) in [5.74, 6) is -1.19. The van der Waals surface area contributed by atoms with Gasteiger partial charge >= 0.3 is 10.2 Å². The molecule has 174 valence electrons. The quantitative estimate of drug-likeness (QED) is 0.467. The van der Waals surface area contributed by atoms with E-state index in [1.165, 1.54) is 20.2 Å². The number of aromatic nitrogens is 5. The maximum absolute atomic E-state index is 14.7. The highest BCUT2D eigenvalue weighted by atomic mass is 32.2. The third kappa shape index (κ3) is 3.85. The summed E-state index contributed by atoms with van der Waals surface area (Å²) in [6.07, 6.45) is 0. The summed E-state index contributed by atoms with van der Waals surface area (Å²) in [5, 5.41) is 0. The van der Waals surface area contributed by atoms with E-state index in [-0.39, 0.29) is 28.4 Å². The van der Waals surface area contributed by atoms with Crippen LogP contribution in [0, 0.1) is 11.6 Å². The molecule has 0 aliphatic rings. The van der Waals surface area contributed by atoms with Crippen LogP contribution in [0.2, 0.25) is 0 Å². The number of aromatic amines is 1. The predicted octanol–water partition coefficient (Wildman–Crippen LogP) is 3.30. The van der Waals surface area contributed by atoms with Crippen molar-refractivity contribution in [1.29, 1.82) is 0 Å². The largest absolute Gasteiger partial charge is 0.368 e. The second-order valence-electron chi connectivity index (χ2n) is 8.75. The van der Waals surface area contributed by atoms with Crippen LogP contribution in [-0.4, -0.2) is 50.7 Å². The number of hydrogen-bond donors (Lipinski definition) is 2. The Bertz CT molecular complexity index is 1480. The molecule has 3 aromatic heterocycles. The van der Waals surface area contributed by atoms with Gasteiger partial charge in [0, 0.05) is 31.1 Å². The lowest BCUT2D eigenvalue weighted by molar-refractivity contribution is 0.513. The Morgan fingerprint density at radius 2 is 1.76 bits per heavy atom. The second-order valence-corrected chi connectivity index (χ2v) is 10.7. The molecule has 0 radical (unpaired) electrons. The Kier molecular flexibility index (Phi) is 5.25. The van der Waals surface area contributed by atoms with E-state index in [4.69, 9.17) is 5.73 Å². The van der Waals surface area contributed by atoms with E-state index in [9.17, 15) is 17.2 Å². The summed E-state index contributed by atoms with van der Waals surface area (Å²) in [4.78, 5) is 16.3. The highest BCUT2D eigenvalue weighted by Gasteiger charge is 2.27. The lowest BCUT2D eigenvalue weighted by atomic mass is 9.96. The zero-order chi connectivity index (χ0) is 24.3. The van der Waals surface area contributed by atoms with Gasteiger partial charge in [0.15, 0.2) is 5.65 Å². The number of imidazole rings is 2. The van der Waals surface area contributed by atoms with Crippen LogP contribution in [-0.2, 0) is 15.6 Å². The monoisotopic (exact) mass is 475 g/mol. The Labute approximate surface area is 189 Å². The summed E-state index contributed by atoms with van der Waals surface area (Å²) < 4.78 is 55.6. The third-order valence-electron chi connectivity index (χ3n) is 5.04. The van der Waals surface area contributed by atoms with E-state index >= 15 is 0 Å². The van der Waals surface area contributed by atoms with Crippen molar-refractivity contribution >= 4 is 27.3 Å². The van der Waals surface area contributed by atoms with Crippen molar-refractivity contribution in [2.75, 3.05) is 19.8 Å². The zero-order valence-electron chi connectivity index (χ0n) is 18.7. The van der Waals surface area contributed by atoms with Gasteiger partial charge in [-0.15, -0.1) is 0 Å². The normalized spacial score (nSPS) is 12.7. The minimum absolute atomic E-state index is 0.0103. The molecule has 0 saturated heterocycles. The lowest BCUT2D eigenvalue weighted by Crippen LogP contribution is -2.29. The fraction of sp³-hybridized carbons (Fsp3) is 0.286. The van der Waals surface area contributed by atoms with Gasteiger partial charge in [-0.05, 0) is 24.3 Å². The first-order valence-corrected chi connectivity index (χ1v) is 11.3. The first kappa shape index (κ1) is 22.8. The van der Waals surface area contributed by atoms with Gasteiger partial charge in [0.25, 0.3) is 0 Å². The Balaban J connectivity index is 2.01. The highest BCUT2D eigenvalue weighted by molar-refractivity contribution is 7.87. The lowest BCUT2D eigenvalue weighted by Gasteiger charge is -2.14. The third-order valence-corrected chi connectivity index (χ3v) is 6.78. The van der Waals surface area contributed by atoms with E-state index in [0.29, 0.717) is 17.2 Å². The molecule has 0 bridgehead atoms. The number of halogens is 2. The SMILES string of the molecule is CN(C)S(=O)(=O)n1c(N)nc2ccc(-c3[nH]c(C(C)(C)C)nc3-c3ccc(F)cc3F)nc21. The van der Waals surface area contributed by atoms with Gasteiger partial charge in [-0.2, -0.15) is 16.7 Å². The number of hydrogen-bond acceptors (Lipinski definition) is 6. The van der Waals surface area contributed by atoms with Gasteiger partial charge in [0.05, 0.1) is 11.4 Å². The molecule has 0 aliphatic carbocycles. The molecule has 1 aromatic carbocycles. The number of fused-ring (bicyclic) bond motifs is 1. The molecule has 12 heteroatoms. The van der Waals surface area contributed by atoms with Crippen molar-refractivity contribution < 1.29 is 17.2 Å². The molecule has 0 atom stereocenters. The average molecular weight is 476 g/mol. The number of benzene rings is 1. The van der Waals surface area contributed by atoms with Crippen LogP contribution >= 0.6 is 0 Å². The smallest absolute Gasteiger partial charge is 0.311 e.